The fourth-order valence-electron chi connectivity index (χ4n) is 2.99. The van der Waals surface area contributed by atoms with Gasteiger partial charge in [-0.25, -0.2) is 4.39 Å². The molecule has 1 saturated heterocycles. The van der Waals surface area contributed by atoms with Crippen molar-refractivity contribution in [2.45, 2.75) is 32.3 Å². The third kappa shape index (κ3) is 3.65. The number of hydrogen-bond acceptors (Lipinski definition) is 3. The highest BCUT2D eigenvalue weighted by Crippen LogP contribution is 2.28. The predicted octanol–water partition coefficient (Wildman–Crippen LogP) is 1.63. The van der Waals surface area contributed by atoms with Crippen molar-refractivity contribution in [1.29, 1.82) is 0 Å². The number of benzene rings is 1. The molecule has 1 atom stereocenters. The minimum absolute atomic E-state index is 0.0469. The lowest BCUT2D eigenvalue weighted by atomic mass is 9.82. The van der Waals surface area contributed by atoms with Crippen LogP contribution in [-0.4, -0.2) is 59.6 Å². The number of carbonyl (C=O) groups is 1. The number of hydrogen-bond donors (Lipinski definition) is 1. The maximum absolute atomic E-state index is 14.0. The average Bonchev–Trinajstić information content (AvgIpc) is 2.47. The molecule has 0 radical (unpaired) electrons. The molecule has 1 aromatic carbocycles. The molecule has 0 aromatic heterocycles. The van der Waals surface area contributed by atoms with Gasteiger partial charge in [-0.3, -0.25) is 9.69 Å². The number of rotatable bonds is 4. The highest BCUT2D eigenvalue weighted by atomic mass is 19.1. The van der Waals surface area contributed by atoms with Crippen molar-refractivity contribution >= 4 is 5.91 Å². The normalized spacial score (nSPS) is 18.3. The van der Waals surface area contributed by atoms with E-state index in [1.165, 1.54) is 6.07 Å². The Hall–Kier alpha value is -1.46. The molecule has 0 bridgehead atoms. The van der Waals surface area contributed by atoms with E-state index in [-0.39, 0.29) is 17.8 Å². The molecule has 1 aliphatic rings. The summed E-state index contributed by atoms with van der Waals surface area (Å²) >= 11 is 0. The van der Waals surface area contributed by atoms with Gasteiger partial charge in [0.2, 0.25) is 5.91 Å². The number of piperazine rings is 1. The first-order chi connectivity index (χ1) is 10.3. The van der Waals surface area contributed by atoms with Crippen molar-refractivity contribution in [3.05, 3.63) is 35.6 Å². The summed E-state index contributed by atoms with van der Waals surface area (Å²) in [6.07, 6.45) is -0.364. The second kappa shape index (κ2) is 6.75. The molecule has 0 aliphatic carbocycles. The molecule has 1 amide bonds. The van der Waals surface area contributed by atoms with Gasteiger partial charge >= 0.3 is 0 Å². The topological polar surface area (TPSA) is 43.8 Å². The van der Waals surface area contributed by atoms with E-state index in [1.807, 2.05) is 0 Å². The number of halogens is 1. The molecule has 1 aliphatic heterocycles. The Kier molecular flexibility index (Phi) is 5.19. The van der Waals surface area contributed by atoms with Crippen molar-refractivity contribution in [1.82, 2.24) is 9.80 Å². The summed E-state index contributed by atoms with van der Waals surface area (Å²) in [5, 5.41) is 9.42. The van der Waals surface area contributed by atoms with Crippen LogP contribution < -0.4 is 0 Å². The first kappa shape index (κ1) is 16.9. The average molecular weight is 308 g/mol. The molecule has 1 heterocycles. The maximum atomic E-state index is 14.0. The zero-order chi connectivity index (χ0) is 16.3. The van der Waals surface area contributed by atoms with Crippen LogP contribution in [0.2, 0.25) is 0 Å². The van der Waals surface area contributed by atoms with Crippen LogP contribution in [0, 0.1) is 5.82 Å². The molecule has 0 saturated carbocycles. The van der Waals surface area contributed by atoms with E-state index < -0.39 is 5.41 Å². The quantitative estimate of drug-likeness (QED) is 0.919. The van der Waals surface area contributed by atoms with Gasteiger partial charge in [0.25, 0.3) is 0 Å². The molecule has 122 valence electrons. The van der Waals surface area contributed by atoms with Crippen molar-refractivity contribution in [2.24, 2.45) is 0 Å². The smallest absolute Gasteiger partial charge is 0.232 e. The van der Waals surface area contributed by atoms with Gasteiger partial charge in [-0.2, -0.15) is 0 Å². The molecule has 1 unspecified atom stereocenters. The molecule has 1 N–H and O–H groups in total. The standard InChI is InChI=1S/C17H25FN2O2/c1-13(21)12-19-8-10-20(11-9-19)16(22)17(2,3)14-6-4-5-7-15(14)18/h4-7,13,21H,8-12H2,1-3H3. The largest absolute Gasteiger partial charge is 0.392 e. The van der Waals surface area contributed by atoms with E-state index >= 15 is 0 Å². The SMILES string of the molecule is CC(O)CN1CCN(C(=O)C(C)(C)c2ccccc2F)CC1. The van der Waals surface area contributed by atoms with Crippen LogP contribution in [0.3, 0.4) is 0 Å². The van der Waals surface area contributed by atoms with Crippen molar-refractivity contribution in [3.8, 4) is 0 Å². The monoisotopic (exact) mass is 308 g/mol. The first-order valence-electron chi connectivity index (χ1n) is 7.77. The number of amides is 1. The van der Waals surface area contributed by atoms with Crippen LogP contribution in [0.25, 0.3) is 0 Å². The molecule has 4 nitrogen and oxygen atoms in total. The van der Waals surface area contributed by atoms with Crippen LogP contribution in [0.4, 0.5) is 4.39 Å². The summed E-state index contributed by atoms with van der Waals surface area (Å²) in [4.78, 5) is 16.7. The molecular weight excluding hydrogens is 283 g/mol. The fraction of sp³-hybridized carbons (Fsp3) is 0.588. The molecular formula is C17H25FN2O2. The van der Waals surface area contributed by atoms with Crippen molar-refractivity contribution in [2.75, 3.05) is 32.7 Å². The highest BCUT2D eigenvalue weighted by Gasteiger charge is 2.36. The summed E-state index contributed by atoms with van der Waals surface area (Å²) in [6, 6.07) is 6.46. The number of aliphatic hydroxyl groups is 1. The molecule has 2 rings (SSSR count). The maximum Gasteiger partial charge on any atom is 0.232 e. The van der Waals surface area contributed by atoms with Gasteiger partial charge in [0, 0.05) is 38.3 Å². The van der Waals surface area contributed by atoms with E-state index in [2.05, 4.69) is 4.90 Å². The minimum atomic E-state index is -0.877. The van der Waals surface area contributed by atoms with Gasteiger partial charge in [-0.05, 0) is 26.8 Å². The number of carbonyl (C=O) groups excluding carboxylic acids is 1. The van der Waals surface area contributed by atoms with Crippen molar-refractivity contribution in [3.63, 3.8) is 0 Å². The predicted molar refractivity (Wildman–Crippen MR) is 84.1 cm³/mol. The number of nitrogens with zero attached hydrogens (tertiary/aromatic N) is 2. The molecule has 0 spiro atoms. The third-order valence-corrected chi connectivity index (χ3v) is 4.26. The Morgan fingerprint density at radius 3 is 2.41 bits per heavy atom. The lowest BCUT2D eigenvalue weighted by molar-refractivity contribution is -0.138. The second-order valence-corrected chi connectivity index (χ2v) is 6.55. The third-order valence-electron chi connectivity index (χ3n) is 4.26. The van der Waals surface area contributed by atoms with E-state index in [1.54, 1.807) is 43.9 Å². The van der Waals surface area contributed by atoms with E-state index in [0.717, 1.165) is 13.1 Å². The Labute approximate surface area is 131 Å². The molecule has 5 heteroatoms. The zero-order valence-electron chi connectivity index (χ0n) is 13.6. The Morgan fingerprint density at radius 1 is 1.27 bits per heavy atom. The number of β-amino-alcohol motifs (C(OH)–C–C–N with tert-alkyl or cyclic N) is 1. The van der Waals surface area contributed by atoms with Crippen LogP contribution in [0.15, 0.2) is 24.3 Å². The van der Waals surface area contributed by atoms with Gasteiger partial charge in [0.05, 0.1) is 11.5 Å². The summed E-state index contributed by atoms with van der Waals surface area (Å²) in [7, 11) is 0. The minimum Gasteiger partial charge on any atom is -0.392 e. The summed E-state index contributed by atoms with van der Waals surface area (Å²) in [6.45, 7) is 8.64. The van der Waals surface area contributed by atoms with Crippen LogP contribution >= 0.6 is 0 Å². The molecule has 1 aromatic rings. The lowest BCUT2D eigenvalue weighted by Crippen LogP contribution is -2.54. The van der Waals surface area contributed by atoms with Crippen molar-refractivity contribution < 1.29 is 14.3 Å². The van der Waals surface area contributed by atoms with Gasteiger partial charge < -0.3 is 10.0 Å². The van der Waals surface area contributed by atoms with E-state index in [9.17, 15) is 14.3 Å². The Morgan fingerprint density at radius 2 is 1.86 bits per heavy atom. The van der Waals surface area contributed by atoms with Gasteiger partial charge in [0.1, 0.15) is 5.82 Å². The van der Waals surface area contributed by atoms with Gasteiger partial charge in [-0.15, -0.1) is 0 Å². The fourth-order valence-corrected chi connectivity index (χ4v) is 2.99. The van der Waals surface area contributed by atoms with Crippen LogP contribution in [-0.2, 0) is 10.2 Å². The van der Waals surface area contributed by atoms with Crippen LogP contribution in [0.1, 0.15) is 26.3 Å². The van der Waals surface area contributed by atoms with Gasteiger partial charge in [-0.1, -0.05) is 18.2 Å². The van der Waals surface area contributed by atoms with E-state index in [4.69, 9.17) is 0 Å². The second-order valence-electron chi connectivity index (χ2n) is 6.55. The zero-order valence-corrected chi connectivity index (χ0v) is 13.6. The van der Waals surface area contributed by atoms with E-state index in [0.29, 0.717) is 25.2 Å². The first-order valence-corrected chi connectivity index (χ1v) is 7.77. The Balaban J connectivity index is 2.04. The number of aliphatic hydroxyl groups excluding tert-OH is 1. The van der Waals surface area contributed by atoms with Crippen LogP contribution in [0.5, 0.6) is 0 Å². The molecule has 22 heavy (non-hydrogen) atoms. The highest BCUT2D eigenvalue weighted by molar-refractivity contribution is 5.87. The summed E-state index contributed by atoms with van der Waals surface area (Å²) in [5.41, 5.74) is -0.441. The summed E-state index contributed by atoms with van der Waals surface area (Å²) < 4.78 is 14.0. The Bertz CT molecular complexity index is 523. The van der Waals surface area contributed by atoms with Gasteiger partial charge in [0.15, 0.2) is 0 Å². The molecule has 1 fully saturated rings. The lowest BCUT2D eigenvalue weighted by Gasteiger charge is -2.39. The summed E-state index contributed by atoms with van der Waals surface area (Å²) in [5.74, 6) is -0.386.